The number of halogens is 3. The predicted molar refractivity (Wildman–Crippen MR) is 73.4 cm³/mol. The smallest absolute Gasteiger partial charge is 0.435 e. The van der Waals surface area contributed by atoms with Crippen molar-refractivity contribution >= 4 is 11.9 Å². The van der Waals surface area contributed by atoms with E-state index in [1.54, 1.807) is 20.8 Å². The molecule has 1 amide bonds. The zero-order chi connectivity index (χ0) is 16.5. The number of aromatic nitrogens is 2. The van der Waals surface area contributed by atoms with E-state index in [1.165, 1.54) is 4.68 Å². The average Bonchev–Trinajstić information content (AvgIpc) is 2.77. The highest BCUT2D eigenvalue weighted by atomic mass is 19.4. The van der Waals surface area contributed by atoms with Gasteiger partial charge in [0.15, 0.2) is 5.69 Å². The molecule has 1 aliphatic rings. The van der Waals surface area contributed by atoms with Gasteiger partial charge in [-0.25, -0.2) is 9.48 Å². The van der Waals surface area contributed by atoms with Gasteiger partial charge in [-0.1, -0.05) is 0 Å². The summed E-state index contributed by atoms with van der Waals surface area (Å²) in [4.78, 5) is 11.6. The Balaban J connectivity index is 1.90. The Hall–Kier alpha value is -1.93. The van der Waals surface area contributed by atoms with Gasteiger partial charge >= 0.3 is 12.3 Å². The Kier molecular flexibility index (Phi) is 4.25. The molecule has 2 rings (SSSR count). The molecule has 9 heteroatoms. The molecule has 0 radical (unpaired) electrons. The summed E-state index contributed by atoms with van der Waals surface area (Å²) in [6.07, 6.45) is -5.01. The summed E-state index contributed by atoms with van der Waals surface area (Å²) >= 11 is 0. The number of hydrogen-bond acceptors (Lipinski definition) is 4. The van der Waals surface area contributed by atoms with Gasteiger partial charge < -0.3 is 15.4 Å². The topological polar surface area (TPSA) is 68.2 Å². The van der Waals surface area contributed by atoms with E-state index in [0.717, 1.165) is 6.07 Å². The lowest BCUT2D eigenvalue weighted by atomic mass is 10.1. The van der Waals surface area contributed by atoms with Crippen molar-refractivity contribution in [3.8, 4) is 0 Å². The third-order valence-corrected chi connectivity index (χ3v) is 3.01. The second-order valence-electron chi connectivity index (χ2n) is 6.22. The molecule has 1 unspecified atom stereocenters. The van der Waals surface area contributed by atoms with Gasteiger partial charge in [-0.15, -0.1) is 0 Å². The third kappa shape index (κ3) is 4.28. The minimum absolute atomic E-state index is 0.0685. The second kappa shape index (κ2) is 5.69. The molecule has 22 heavy (non-hydrogen) atoms. The summed E-state index contributed by atoms with van der Waals surface area (Å²) in [7, 11) is 0. The maximum atomic E-state index is 12.6. The van der Waals surface area contributed by atoms with Crippen molar-refractivity contribution in [3.63, 3.8) is 0 Å². The van der Waals surface area contributed by atoms with Gasteiger partial charge in [-0.2, -0.15) is 18.3 Å². The largest absolute Gasteiger partial charge is 0.444 e. The number of ether oxygens (including phenoxy) is 1. The highest BCUT2D eigenvalue weighted by Crippen LogP contribution is 2.31. The van der Waals surface area contributed by atoms with Crippen LogP contribution in [0.25, 0.3) is 0 Å². The molecule has 1 atom stereocenters. The SMILES string of the molecule is CC(C)(C)OC(=O)NCC1CNc2cc(C(F)(F)F)nn2C1. The van der Waals surface area contributed by atoms with E-state index in [2.05, 4.69) is 15.7 Å². The maximum Gasteiger partial charge on any atom is 0.435 e. The first-order valence-electron chi connectivity index (χ1n) is 6.90. The van der Waals surface area contributed by atoms with Crippen molar-refractivity contribution in [3.05, 3.63) is 11.8 Å². The molecule has 0 aliphatic carbocycles. The summed E-state index contributed by atoms with van der Waals surface area (Å²) in [5, 5.41) is 9.04. The highest BCUT2D eigenvalue weighted by molar-refractivity contribution is 5.67. The van der Waals surface area contributed by atoms with Crippen LogP contribution in [0.2, 0.25) is 0 Å². The monoisotopic (exact) mass is 320 g/mol. The number of nitrogens with zero attached hydrogens (tertiary/aromatic N) is 2. The molecule has 0 bridgehead atoms. The van der Waals surface area contributed by atoms with E-state index < -0.39 is 23.6 Å². The molecule has 0 aromatic carbocycles. The van der Waals surface area contributed by atoms with Crippen LogP contribution in [0.1, 0.15) is 26.5 Å². The molecule has 0 spiro atoms. The molecule has 0 saturated carbocycles. The van der Waals surface area contributed by atoms with Crippen LogP contribution in [0, 0.1) is 5.92 Å². The number of hydrogen-bond donors (Lipinski definition) is 2. The van der Waals surface area contributed by atoms with Crippen LogP contribution in [0.15, 0.2) is 6.07 Å². The number of alkyl halides is 3. The fourth-order valence-electron chi connectivity index (χ4n) is 2.07. The molecule has 1 aliphatic heterocycles. The van der Waals surface area contributed by atoms with Crippen molar-refractivity contribution < 1.29 is 22.7 Å². The molecular weight excluding hydrogens is 301 g/mol. The van der Waals surface area contributed by atoms with Gasteiger partial charge in [0.1, 0.15) is 11.4 Å². The van der Waals surface area contributed by atoms with E-state index >= 15 is 0 Å². The van der Waals surface area contributed by atoms with Gasteiger partial charge in [0.25, 0.3) is 0 Å². The fourth-order valence-corrected chi connectivity index (χ4v) is 2.07. The van der Waals surface area contributed by atoms with Gasteiger partial charge in [0.2, 0.25) is 0 Å². The maximum absolute atomic E-state index is 12.6. The Morgan fingerprint density at radius 3 is 2.77 bits per heavy atom. The fraction of sp³-hybridized carbons (Fsp3) is 0.692. The normalized spacial score (nSPS) is 18.4. The van der Waals surface area contributed by atoms with Crippen LogP contribution in [0.5, 0.6) is 0 Å². The molecule has 0 fully saturated rings. The number of carbonyl (C=O) groups is 1. The molecular formula is C13H19F3N4O2. The van der Waals surface area contributed by atoms with Crippen LogP contribution >= 0.6 is 0 Å². The van der Waals surface area contributed by atoms with Crippen molar-refractivity contribution in [2.75, 3.05) is 18.4 Å². The summed E-state index contributed by atoms with van der Waals surface area (Å²) in [6, 6.07) is 0.984. The Morgan fingerprint density at radius 1 is 1.50 bits per heavy atom. The minimum atomic E-state index is -4.46. The van der Waals surface area contributed by atoms with Crippen LogP contribution in [0.3, 0.4) is 0 Å². The number of rotatable bonds is 2. The first kappa shape index (κ1) is 16.4. The van der Waals surface area contributed by atoms with Crippen molar-refractivity contribution in [1.29, 1.82) is 0 Å². The highest BCUT2D eigenvalue weighted by Gasteiger charge is 2.36. The van der Waals surface area contributed by atoms with Crippen molar-refractivity contribution in [2.45, 2.75) is 39.1 Å². The summed E-state index contributed by atoms with van der Waals surface area (Å²) < 4.78 is 44.2. The number of nitrogens with one attached hydrogen (secondary N) is 2. The van der Waals surface area contributed by atoms with Gasteiger partial charge in [-0.05, 0) is 20.8 Å². The molecule has 1 aromatic heterocycles. The minimum Gasteiger partial charge on any atom is -0.444 e. The van der Waals surface area contributed by atoms with Gasteiger partial charge in [0, 0.05) is 31.6 Å². The van der Waals surface area contributed by atoms with E-state index in [-0.39, 0.29) is 5.92 Å². The van der Waals surface area contributed by atoms with E-state index in [1.807, 2.05) is 0 Å². The second-order valence-corrected chi connectivity index (χ2v) is 6.22. The number of carbonyl (C=O) groups excluding carboxylic acids is 1. The molecule has 124 valence electrons. The zero-order valence-electron chi connectivity index (χ0n) is 12.6. The molecule has 2 N–H and O–H groups in total. The van der Waals surface area contributed by atoms with E-state index in [9.17, 15) is 18.0 Å². The number of amides is 1. The first-order chi connectivity index (χ1) is 10.0. The Labute approximate surface area is 126 Å². The molecule has 1 aromatic rings. The lowest BCUT2D eigenvalue weighted by Crippen LogP contribution is -2.40. The zero-order valence-corrected chi connectivity index (χ0v) is 12.6. The summed E-state index contributed by atoms with van der Waals surface area (Å²) in [5.74, 6) is 0.266. The van der Waals surface area contributed by atoms with Gasteiger partial charge in [0.05, 0.1) is 0 Å². The third-order valence-electron chi connectivity index (χ3n) is 3.01. The number of fused-ring (bicyclic) bond motifs is 1. The lowest BCUT2D eigenvalue weighted by molar-refractivity contribution is -0.141. The number of alkyl carbamates (subject to hydrolysis) is 1. The lowest BCUT2D eigenvalue weighted by Gasteiger charge is -2.26. The van der Waals surface area contributed by atoms with Crippen LogP contribution in [-0.4, -0.2) is 34.6 Å². The van der Waals surface area contributed by atoms with Crippen LogP contribution in [-0.2, 0) is 17.5 Å². The van der Waals surface area contributed by atoms with E-state index in [4.69, 9.17) is 4.74 Å². The number of anilines is 1. The van der Waals surface area contributed by atoms with E-state index in [0.29, 0.717) is 25.5 Å². The van der Waals surface area contributed by atoms with Gasteiger partial charge in [-0.3, -0.25) is 0 Å². The Bertz CT molecular complexity index is 548. The molecule has 2 heterocycles. The molecule has 6 nitrogen and oxygen atoms in total. The first-order valence-corrected chi connectivity index (χ1v) is 6.90. The Morgan fingerprint density at radius 2 is 2.18 bits per heavy atom. The predicted octanol–water partition coefficient (Wildman–Crippen LogP) is 2.47. The standard InChI is InChI=1S/C13H19F3N4O2/c1-12(2,3)22-11(21)18-6-8-5-17-10-4-9(13(14,15)16)19-20(10)7-8/h4,8,17H,5-7H2,1-3H3,(H,18,21). The van der Waals surface area contributed by atoms with Crippen molar-refractivity contribution in [2.24, 2.45) is 5.92 Å². The van der Waals surface area contributed by atoms with Crippen molar-refractivity contribution in [1.82, 2.24) is 15.1 Å². The summed E-state index contributed by atoms with van der Waals surface area (Å²) in [5.41, 5.74) is -1.51. The average molecular weight is 320 g/mol. The quantitative estimate of drug-likeness (QED) is 0.878. The summed E-state index contributed by atoms with van der Waals surface area (Å²) in [6.45, 7) is 6.31. The van der Waals surface area contributed by atoms with Crippen LogP contribution < -0.4 is 10.6 Å². The molecule has 0 saturated heterocycles. The van der Waals surface area contributed by atoms with Crippen LogP contribution in [0.4, 0.5) is 23.8 Å².